The van der Waals surface area contributed by atoms with Crippen LogP contribution in [0.2, 0.25) is 0 Å². The molecule has 4 nitrogen and oxygen atoms in total. The van der Waals surface area contributed by atoms with Crippen LogP contribution in [0.3, 0.4) is 0 Å². The molecule has 2 rings (SSSR count). The molecule has 0 bridgehead atoms. The zero-order chi connectivity index (χ0) is 14.0. The van der Waals surface area contributed by atoms with Crippen LogP contribution in [0.1, 0.15) is 49.4 Å². The van der Waals surface area contributed by atoms with Crippen LogP contribution in [0.5, 0.6) is 0 Å². The molecule has 0 aliphatic heterocycles. The quantitative estimate of drug-likeness (QED) is 0.909. The van der Waals surface area contributed by atoms with Gasteiger partial charge in [0.2, 0.25) is 0 Å². The number of aromatic nitrogens is 2. The molecule has 1 aromatic heterocycles. The summed E-state index contributed by atoms with van der Waals surface area (Å²) in [6, 6.07) is 0.581. The molecule has 1 aromatic rings. The molecule has 0 amide bonds. The molecule has 1 aliphatic carbocycles. The largest absolute Gasteiger partial charge is 0.355 e. The molecule has 4 heteroatoms. The summed E-state index contributed by atoms with van der Waals surface area (Å²) in [4.78, 5) is 2.30. The number of rotatable bonds is 3. The van der Waals surface area contributed by atoms with Crippen molar-refractivity contribution in [3.8, 4) is 0 Å². The van der Waals surface area contributed by atoms with E-state index in [4.69, 9.17) is 5.73 Å². The van der Waals surface area contributed by atoms with Crippen molar-refractivity contribution in [2.75, 3.05) is 11.9 Å². The predicted octanol–water partition coefficient (Wildman–Crippen LogP) is 2.57. The monoisotopic (exact) mass is 262 g/mol. The third-order valence-corrected chi connectivity index (χ3v) is 4.63. The van der Waals surface area contributed by atoms with Crippen LogP contribution < -0.4 is 10.6 Å². The third kappa shape index (κ3) is 2.89. The van der Waals surface area contributed by atoms with E-state index >= 15 is 0 Å². The van der Waals surface area contributed by atoms with Gasteiger partial charge < -0.3 is 10.6 Å². The molecule has 1 aliphatic rings. The fourth-order valence-corrected chi connectivity index (χ4v) is 2.97. The summed E-state index contributed by atoms with van der Waals surface area (Å²) < 4.78 is 0. The van der Waals surface area contributed by atoms with E-state index < -0.39 is 0 Å². The fourth-order valence-electron chi connectivity index (χ4n) is 2.97. The van der Waals surface area contributed by atoms with Crippen molar-refractivity contribution < 1.29 is 0 Å². The van der Waals surface area contributed by atoms with Gasteiger partial charge in [-0.1, -0.05) is 6.92 Å². The Morgan fingerprint density at radius 1 is 1.16 bits per heavy atom. The third-order valence-electron chi connectivity index (χ3n) is 4.63. The maximum absolute atomic E-state index is 5.92. The van der Waals surface area contributed by atoms with Gasteiger partial charge in [0.25, 0.3) is 0 Å². The summed E-state index contributed by atoms with van der Waals surface area (Å²) in [6.45, 7) is 6.96. The lowest BCUT2D eigenvalue weighted by Gasteiger charge is -2.35. The van der Waals surface area contributed by atoms with Crippen LogP contribution in [-0.4, -0.2) is 23.3 Å². The second kappa shape index (κ2) is 5.87. The van der Waals surface area contributed by atoms with Gasteiger partial charge in [-0.3, -0.25) is 0 Å². The summed E-state index contributed by atoms with van der Waals surface area (Å²) in [5.41, 5.74) is 9.23. The topological polar surface area (TPSA) is 55.0 Å². The Balaban J connectivity index is 2.23. The van der Waals surface area contributed by atoms with Crippen molar-refractivity contribution in [1.82, 2.24) is 10.2 Å². The zero-order valence-corrected chi connectivity index (χ0v) is 12.6. The molecule has 0 aromatic carbocycles. The molecule has 19 heavy (non-hydrogen) atoms. The Labute approximate surface area is 116 Å². The van der Waals surface area contributed by atoms with E-state index in [9.17, 15) is 0 Å². The first kappa shape index (κ1) is 14.3. The van der Waals surface area contributed by atoms with Gasteiger partial charge in [0.15, 0.2) is 5.82 Å². The molecule has 1 fully saturated rings. The fraction of sp³-hybridized carbons (Fsp3) is 0.733. The first-order valence-corrected chi connectivity index (χ1v) is 7.30. The van der Waals surface area contributed by atoms with E-state index in [1.54, 1.807) is 0 Å². The van der Waals surface area contributed by atoms with Crippen molar-refractivity contribution in [2.24, 2.45) is 11.7 Å². The first-order valence-electron chi connectivity index (χ1n) is 7.30. The van der Waals surface area contributed by atoms with E-state index in [1.165, 1.54) is 31.2 Å². The average molecular weight is 262 g/mol. The molecule has 2 N–H and O–H groups in total. The van der Waals surface area contributed by atoms with Crippen LogP contribution in [0, 0.1) is 19.8 Å². The number of hydrogen-bond donors (Lipinski definition) is 1. The molecule has 106 valence electrons. The number of hydrogen-bond acceptors (Lipinski definition) is 4. The van der Waals surface area contributed by atoms with Crippen molar-refractivity contribution >= 4 is 5.82 Å². The van der Waals surface area contributed by atoms with Crippen molar-refractivity contribution in [2.45, 2.75) is 59.0 Å². The molecular weight excluding hydrogens is 236 g/mol. The van der Waals surface area contributed by atoms with E-state index in [2.05, 4.69) is 36.0 Å². The van der Waals surface area contributed by atoms with Crippen molar-refractivity contribution in [3.63, 3.8) is 0 Å². The smallest absolute Gasteiger partial charge is 0.156 e. The minimum atomic E-state index is 0.533. The second-order valence-electron chi connectivity index (χ2n) is 5.94. The minimum Gasteiger partial charge on any atom is -0.355 e. The van der Waals surface area contributed by atoms with Gasteiger partial charge in [-0.15, -0.1) is 5.10 Å². The van der Waals surface area contributed by atoms with Crippen LogP contribution >= 0.6 is 0 Å². The Morgan fingerprint density at radius 3 is 2.37 bits per heavy atom. The standard InChI is InChI=1S/C15H26N4/c1-10-5-7-13(8-6-10)19(4)15-14(9-16)11(2)12(3)17-18-15/h10,13H,5-9,16H2,1-4H3. The Kier molecular flexibility index (Phi) is 4.40. The van der Waals surface area contributed by atoms with Gasteiger partial charge in [-0.05, 0) is 51.0 Å². The van der Waals surface area contributed by atoms with E-state index in [0.29, 0.717) is 12.6 Å². The lowest BCUT2D eigenvalue weighted by atomic mass is 9.86. The molecule has 1 saturated carbocycles. The average Bonchev–Trinajstić information content (AvgIpc) is 2.41. The molecular formula is C15H26N4. The summed E-state index contributed by atoms with van der Waals surface area (Å²) >= 11 is 0. The van der Waals surface area contributed by atoms with Gasteiger partial charge >= 0.3 is 0 Å². The molecule has 1 heterocycles. The Hall–Kier alpha value is -1.16. The maximum atomic E-state index is 5.92. The predicted molar refractivity (Wildman–Crippen MR) is 79.2 cm³/mol. The normalized spacial score (nSPS) is 23.4. The molecule has 0 radical (unpaired) electrons. The number of nitrogens with zero attached hydrogens (tertiary/aromatic N) is 3. The zero-order valence-electron chi connectivity index (χ0n) is 12.6. The Morgan fingerprint density at radius 2 is 1.79 bits per heavy atom. The molecule has 0 atom stereocenters. The number of aryl methyl sites for hydroxylation is 1. The van der Waals surface area contributed by atoms with E-state index in [-0.39, 0.29) is 0 Å². The van der Waals surface area contributed by atoms with Gasteiger partial charge in [0.1, 0.15) is 0 Å². The summed E-state index contributed by atoms with van der Waals surface area (Å²) in [5.74, 6) is 1.84. The maximum Gasteiger partial charge on any atom is 0.156 e. The van der Waals surface area contributed by atoms with E-state index in [0.717, 1.165) is 23.0 Å². The second-order valence-corrected chi connectivity index (χ2v) is 5.94. The molecule has 0 unspecified atom stereocenters. The first-order chi connectivity index (χ1) is 9.04. The van der Waals surface area contributed by atoms with Gasteiger partial charge in [-0.25, -0.2) is 0 Å². The highest BCUT2D eigenvalue weighted by Gasteiger charge is 2.24. The highest BCUT2D eigenvalue weighted by atomic mass is 15.3. The lowest BCUT2D eigenvalue weighted by Crippen LogP contribution is -2.36. The summed E-state index contributed by atoms with van der Waals surface area (Å²) in [6.07, 6.45) is 5.11. The molecule has 0 spiro atoms. The van der Waals surface area contributed by atoms with Gasteiger partial charge in [-0.2, -0.15) is 5.10 Å². The summed E-state index contributed by atoms with van der Waals surface area (Å²) in [7, 11) is 2.14. The highest BCUT2D eigenvalue weighted by molar-refractivity contribution is 5.50. The minimum absolute atomic E-state index is 0.533. The van der Waals surface area contributed by atoms with Crippen molar-refractivity contribution in [3.05, 3.63) is 16.8 Å². The summed E-state index contributed by atoms with van der Waals surface area (Å²) in [5, 5.41) is 8.67. The Bertz CT molecular complexity index is 436. The molecule has 0 saturated heterocycles. The van der Waals surface area contributed by atoms with Gasteiger partial charge in [0, 0.05) is 25.2 Å². The SMILES string of the molecule is Cc1nnc(N(C)C2CCC(C)CC2)c(CN)c1C. The van der Waals surface area contributed by atoms with Crippen LogP contribution in [0.25, 0.3) is 0 Å². The van der Waals surface area contributed by atoms with Crippen molar-refractivity contribution in [1.29, 1.82) is 0 Å². The van der Waals surface area contributed by atoms with Crippen LogP contribution in [-0.2, 0) is 6.54 Å². The van der Waals surface area contributed by atoms with Crippen LogP contribution in [0.4, 0.5) is 5.82 Å². The van der Waals surface area contributed by atoms with Crippen LogP contribution in [0.15, 0.2) is 0 Å². The lowest BCUT2D eigenvalue weighted by molar-refractivity contribution is 0.339. The number of anilines is 1. The highest BCUT2D eigenvalue weighted by Crippen LogP contribution is 2.30. The van der Waals surface area contributed by atoms with Gasteiger partial charge in [0.05, 0.1) is 5.69 Å². The van der Waals surface area contributed by atoms with E-state index in [1.807, 2.05) is 6.92 Å². The number of nitrogens with two attached hydrogens (primary N) is 1.